The Labute approximate surface area is 140 Å². The van der Waals surface area contributed by atoms with Crippen molar-refractivity contribution in [1.82, 2.24) is 20.4 Å². The van der Waals surface area contributed by atoms with Gasteiger partial charge < -0.3 is 9.80 Å². The smallest absolute Gasteiger partial charge is 0.240 e. The second kappa shape index (κ2) is 8.63. The summed E-state index contributed by atoms with van der Waals surface area (Å²) in [5, 5.41) is 11.2. The Morgan fingerprint density at radius 2 is 2.05 bits per heavy atom. The van der Waals surface area contributed by atoms with E-state index in [0.717, 1.165) is 43.6 Å². The Balaban J connectivity index is 0.00000110. The first-order valence-corrected chi connectivity index (χ1v) is 7.62. The van der Waals surface area contributed by atoms with Gasteiger partial charge in [-0.1, -0.05) is 0 Å². The number of nitrogens with zero attached hydrogens (tertiary/aromatic N) is 4. The van der Waals surface area contributed by atoms with Crippen LogP contribution in [-0.4, -0.2) is 64.9 Å². The van der Waals surface area contributed by atoms with Gasteiger partial charge >= 0.3 is 0 Å². The fourth-order valence-corrected chi connectivity index (χ4v) is 3.33. The molecule has 1 amide bonds. The van der Waals surface area contributed by atoms with Crippen molar-refractivity contribution in [1.29, 1.82) is 0 Å². The van der Waals surface area contributed by atoms with Crippen molar-refractivity contribution in [3.05, 3.63) is 18.3 Å². The maximum Gasteiger partial charge on any atom is 0.240 e. The summed E-state index contributed by atoms with van der Waals surface area (Å²) in [6.07, 6.45) is 1.67. The molecule has 3 rings (SSSR count). The number of anilines is 1. The third-order valence-electron chi connectivity index (χ3n) is 3.49. The molecule has 118 valence electrons. The average Bonchev–Trinajstić information content (AvgIpc) is 3.02. The Bertz CT molecular complexity index is 439. The van der Waals surface area contributed by atoms with Crippen LogP contribution in [0.25, 0.3) is 0 Å². The Kier molecular flexibility index (Phi) is 7.51. The number of piperazine rings is 1. The van der Waals surface area contributed by atoms with Gasteiger partial charge in [0.15, 0.2) is 5.82 Å². The molecule has 2 aliphatic rings. The van der Waals surface area contributed by atoms with E-state index in [0.29, 0.717) is 0 Å². The zero-order chi connectivity index (χ0) is 13.1. The minimum atomic E-state index is 0. The molecule has 1 aromatic heterocycles. The Morgan fingerprint density at radius 3 is 2.62 bits per heavy atom. The predicted octanol–water partition coefficient (Wildman–Crippen LogP) is 0.631. The number of hydrogen-bond donors (Lipinski definition) is 1. The lowest BCUT2D eigenvalue weighted by Crippen LogP contribution is -2.53. The lowest BCUT2D eigenvalue weighted by Gasteiger charge is -2.36. The molecule has 0 bridgehead atoms. The second-order valence-electron chi connectivity index (χ2n) is 4.67. The van der Waals surface area contributed by atoms with Gasteiger partial charge in [-0.2, -0.15) is 5.10 Å². The first-order chi connectivity index (χ1) is 9.34. The number of rotatable bonds is 2. The maximum atomic E-state index is 12.2. The molecule has 1 aromatic rings. The highest BCUT2D eigenvalue weighted by Crippen LogP contribution is 2.15. The van der Waals surface area contributed by atoms with Gasteiger partial charge in [0.05, 0.1) is 6.04 Å². The summed E-state index contributed by atoms with van der Waals surface area (Å²) in [4.78, 5) is 16.4. The number of hydrogen-bond acceptors (Lipinski definition) is 6. The van der Waals surface area contributed by atoms with E-state index < -0.39 is 0 Å². The number of amides is 1. The molecule has 3 heterocycles. The number of aromatic nitrogens is 2. The molecule has 6 nitrogen and oxygen atoms in total. The molecule has 2 fully saturated rings. The summed E-state index contributed by atoms with van der Waals surface area (Å²) in [5.41, 5.74) is 0. The summed E-state index contributed by atoms with van der Waals surface area (Å²) in [6.45, 7) is 3.17. The van der Waals surface area contributed by atoms with Crippen LogP contribution < -0.4 is 10.2 Å². The zero-order valence-corrected chi connectivity index (χ0v) is 13.9. The second-order valence-corrected chi connectivity index (χ2v) is 5.70. The molecule has 21 heavy (non-hydrogen) atoms. The van der Waals surface area contributed by atoms with Gasteiger partial charge in [-0.3, -0.25) is 10.1 Å². The number of thioether (sulfide) groups is 1. The van der Waals surface area contributed by atoms with Crippen molar-refractivity contribution >= 4 is 48.3 Å². The molecular weight excluding hydrogens is 333 g/mol. The van der Waals surface area contributed by atoms with Crippen LogP contribution in [0.1, 0.15) is 0 Å². The summed E-state index contributed by atoms with van der Waals surface area (Å²) < 4.78 is 0. The van der Waals surface area contributed by atoms with Crippen molar-refractivity contribution in [3.63, 3.8) is 0 Å². The van der Waals surface area contributed by atoms with E-state index in [1.54, 1.807) is 18.0 Å². The number of halogens is 2. The summed E-state index contributed by atoms with van der Waals surface area (Å²) in [7, 11) is 0. The normalized spacial score (nSPS) is 21.4. The quantitative estimate of drug-likeness (QED) is 0.843. The highest BCUT2D eigenvalue weighted by molar-refractivity contribution is 7.99. The van der Waals surface area contributed by atoms with Crippen molar-refractivity contribution in [2.75, 3.05) is 42.7 Å². The summed E-state index contributed by atoms with van der Waals surface area (Å²) in [6, 6.07) is 3.85. The molecule has 0 saturated carbocycles. The highest BCUT2D eigenvalue weighted by Gasteiger charge is 2.29. The SMILES string of the molecule is Cl.Cl.O=C(C1CSCN1)N1CCN(c2cccnn2)CC1. The molecule has 9 heteroatoms. The van der Waals surface area contributed by atoms with Crippen LogP contribution in [0.3, 0.4) is 0 Å². The molecule has 0 spiro atoms. The predicted molar refractivity (Wildman–Crippen MR) is 89.6 cm³/mol. The number of nitrogens with one attached hydrogen (secondary N) is 1. The van der Waals surface area contributed by atoms with Crippen LogP contribution in [0.2, 0.25) is 0 Å². The molecular formula is C12H19Cl2N5OS. The average molecular weight is 352 g/mol. The first-order valence-electron chi connectivity index (χ1n) is 6.47. The number of carbonyl (C=O) groups excluding carboxylic acids is 1. The monoisotopic (exact) mass is 351 g/mol. The molecule has 1 unspecified atom stereocenters. The van der Waals surface area contributed by atoms with Crippen molar-refractivity contribution in [3.8, 4) is 0 Å². The van der Waals surface area contributed by atoms with Crippen molar-refractivity contribution in [2.45, 2.75) is 6.04 Å². The molecule has 1 atom stereocenters. The van der Waals surface area contributed by atoms with Crippen LogP contribution in [0.4, 0.5) is 5.82 Å². The zero-order valence-electron chi connectivity index (χ0n) is 11.5. The third-order valence-corrected chi connectivity index (χ3v) is 4.43. The molecule has 0 aliphatic carbocycles. The van der Waals surface area contributed by atoms with Crippen molar-refractivity contribution in [2.24, 2.45) is 0 Å². The van der Waals surface area contributed by atoms with E-state index in [9.17, 15) is 4.79 Å². The van der Waals surface area contributed by atoms with Crippen LogP contribution in [-0.2, 0) is 4.79 Å². The minimum absolute atomic E-state index is 0. The number of carbonyl (C=O) groups is 1. The van der Waals surface area contributed by atoms with Gasteiger partial charge in [-0.25, -0.2) is 0 Å². The standard InChI is InChI=1S/C12H17N5OS.2ClH/c18-12(10-8-19-9-13-10)17-6-4-16(5-7-17)11-2-1-3-14-15-11;;/h1-3,10,13H,4-9H2;2*1H. The lowest BCUT2D eigenvalue weighted by molar-refractivity contribution is -0.132. The highest BCUT2D eigenvalue weighted by atomic mass is 35.5. The summed E-state index contributed by atoms with van der Waals surface area (Å²) >= 11 is 1.78. The summed E-state index contributed by atoms with van der Waals surface area (Å²) in [5.74, 6) is 2.91. The van der Waals surface area contributed by atoms with Gasteiger partial charge in [0.2, 0.25) is 5.91 Å². The molecule has 0 aromatic carbocycles. The molecule has 2 aliphatic heterocycles. The van der Waals surface area contributed by atoms with Gasteiger partial charge in [-0.15, -0.1) is 41.7 Å². The van der Waals surface area contributed by atoms with Crippen molar-refractivity contribution < 1.29 is 4.79 Å². The Morgan fingerprint density at radius 1 is 1.29 bits per heavy atom. The van der Waals surface area contributed by atoms with Crippen LogP contribution in [0, 0.1) is 0 Å². The van der Waals surface area contributed by atoms with Crippen LogP contribution in [0.5, 0.6) is 0 Å². The Hall–Kier alpha value is -0.760. The minimum Gasteiger partial charge on any atom is -0.352 e. The maximum absolute atomic E-state index is 12.2. The van der Waals surface area contributed by atoms with Gasteiger partial charge in [0, 0.05) is 44.0 Å². The van der Waals surface area contributed by atoms with Crippen LogP contribution >= 0.6 is 36.6 Å². The first kappa shape index (κ1) is 18.3. The van der Waals surface area contributed by atoms with Gasteiger partial charge in [0.1, 0.15) is 0 Å². The molecule has 2 saturated heterocycles. The molecule has 0 radical (unpaired) electrons. The molecule has 1 N–H and O–H groups in total. The lowest BCUT2D eigenvalue weighted by atomic mass is 10.2. The largest absolute Gasteiger partial charge is 0.352 e. The van der Waals surface area contributed by atoms with Gasteiger partial charge in [0.25, 0.3) is 0 Å². The van der Waals surface area contributed by atoms with E-state index >= 15 is 0 Å². The van der Waals surface area contributed by atoms with E-state index in [2.05, 4.69) is 20.4 Å². The van der Waals surface area contributed by atoms with Gasteiger partial charge in [-0.05, 0) is 12.1 Å². The fraction of sp³-hybridized carbons (Fsp3) is 0.583. The van der Waals surface area contributed by atoms with Crippen LogP contribution in [0.15, 0.2) is 18.3 Å². The van der Waals surface area contributed by atoms with E-state index in [1.165, 1.54) is 0 Å². The van der Waals surface area contributed by atoms with E-state index in [4.69, 9.17) is 0 Å². The van der Waals surface area contributed by atoms with E-state index in [1.807, 2.05) is 17.0 Å². The fourth-order valence-electron chi connectivity index (χ4n) is 2.39. The van der Waals surface area contributed by atoms with E-state index in [-0.39, 0.29) is 36.8 Å². The topological polar surface area (TPSA) is 61.4 Å². The third kappa shape index (κ3) is 4.35.